The van der Waals surface area contributed by atoms with Crippen LogP contribution in [0.2, 0.25) is 0 Å². The number of nitrogens with two attached hydrogens (primary N) is 1. The molecule has 6 heteroatoms. The second-order valence-corrected chi connectivity index (χ2v) is 7.99. The van der Waals surface area contributed by atoms with Crippen LogP contribution in [0.25, 0.3) is 22.0 Å². The van der Waals surface area contributed by atoms with E-state index in [-0.39, 0.29) is 17.5 Å². The smallest absolute Gasteiger partial charge is 0.338 e. The van der Waals surface area contributed by atoms with Gasteiger partial charge in [-0.05, 0) is 55.7 Å². The number of aromatic nitrogens is 1. The summed E-state index contributed by atoms with van der Waals surface area (Å²) in [7, 11) is 0. The third-order valence-electron chi connectivity index (χ3n) is 5.47. The first-order chi connectivity index (χ1) is 15.4. The van der Waals surface area contributed by atoms with Crippen molar-refractivity contribution in [3.63, 3.8) is 0 Å². The minimum Gasteiger partial charge on any atom is -0.459 e. The molecule has 0 saturated heterocycles. The molecule has 2 aromatic carbocycles. The topological polar surface area (TPSA) is 101 Å². The highest BCUT2D eigenvalue weighted by molar-refractivity contribution is 5.96. The molecule has 2 heterocycles. The quantitative estimate of drug-likeness (QED) is 0.598. The first-order valence-electron chi connectivity index (χ1n) is 10.4. The van der Waals surface area contributed by atoms with Crippen molar-refractivity contribution >= 4 is 16.9 Å². The van der Waals surface area contributed by atoms with E-state index in [9.17, 15) is 10.1 Å². The standard InChI is InChI=1S/C26H24N4O2/c1-15(2)32-26(31)24-23(21(14-27)16(3)30-25(24)28)19-11-12-29-22-10-9-18(13-20(19)22)17-7-5-4-6-8-17/h4-13,15,23,30H,28H2,1-3H3/t23-/m0/s1. The zero-order valence-corrected chi connectivity index (χ0v) is 18.2. The number of fused-ring (bicyclic) bond motifs is 1. The van der Waals surface area contributed by atoms with Crippen molar-refractivity contribution in [2.45, 2.75) is 32.8 Å². The number of carbonyl (C=O) groups is 1. The highest BCUT2D eigenvalue weighted by atomic mass is 16.5. The molecule has 1 aliphatic rings. The number of rotatable bonds is 4. The van der Waals surface area contributed by atoms with Crippen LogP contribution in [-0.4, -0.2) is 17.1 Å². The van der Waals surface area contributed by atoms with E-state index in [1.165, 1.54) is 0 Å². The first-order valence-corrected chi connectivity index (χ1v) is 10.4. The fourth-order valence-corrected chi connectivity index (χ4v) is 4.05. The molecule has 0 amide bonds. The molecule has 1 aliphatic heterocycles. The van der Waals surface area contributed by atoms with Crippen LogP contribution in [0.5, 0.6) is 0 Å². The average Bonchev–Trinajstić information content (AvgIpc) is 2.78. The van der Waals surface area contributed by atoms with Gasteiger partial charge in [0.15, 0.2) is 0 Å². The Labute approximate surface area is 187 Å². The van der Waals surface area contributed by atoms with Crippen LogP contribution in [0.15, 0.2) is 83.5 Å². The zero-order valence-electron chi connectivity index (χ0n) is 18.2. The number of pyridine rings is 1. The van der Waals surface area contributed by atoms with Crippen molar-refractivity contribution in [1.82, 2.24) is 10.3 Å². The van der Waals surface area contributed by atoms with E-state index < -0.39 is 11.9 Å². The van der Waals surface area contributed by atoms with Gasteiger partial charge in [0.2, 0.25) is 0 Å². The van der Waals surface area contributed by atoms with Crippen molar-refractivity contribution in [2.24, 2.45) is 5.73 Å². The van der Waals surface area contributed by atoms with E-state index in [1.807, 2.05) is 54.6 Å². The van der Waals surface area contributed by atoms with E-state index in [2.05, 4.69) is 16.4 Å². The maximum Gasteiger partial charge on any atom is 0.338 e. The Morgan fingerprint density at radius 2 is 1.91 bits per heavy atom. The summed E-state index contributed by atoms with van der Waals surface area (Å²) in [4.78, 5) is 17.5. The number of carbonyl (C=O) groups excluding carboxylic acids is 1. The number of hydrogen-bond donors (Lipinski definition) is 2. The zero-order chi connectivity index (χ0) is 22.8. The third-order valence-corrected chi connectivity index (χ3v) is 5.47. The van der Waals surface area contributed by atoms with Gasteiger partial charge in [-0.1, -0.05) is 36.4 Å². The maximum atomic E-state index is 13.0. The molecule has 4 rings (SSSR count). The highest BCUT2D eigenvalue weighted by Crippen LogP contribution is 2.40. The molecule has 160 valence electrons. The summed E-state index contributed by atoms with van der Waals surface area (Å²) in [6.45, 7) is 5.34. The Balaban J connectivity index is 1.95. The number of nitrogens with one attached hydrogen (secondary N) is 1. The molecule has 0 saturated carbocycles. The van der Waals surface area contributed by atoms with Crippen molar-refractivity contribution in [3.05, 3.63) is 89.0 Å². The van der Waals surface area contributed by atoms with Crippen molar-refractivity contribution in [3.8, 4) is 17.2 Å². The first kappa shape index (κ1) is 21.1. The second-order valence-electron chi connectivity index (χ2n) is 7.99. The molecule has 0 spiro atoms. The molecular formula is C26H24N4O2. The summed E-state index contributed by atoms with van der Waals surface area (Å²) < 4.78 is 5.48. The Hall–Kier alpha value is -4.11. The van der Waals surface area contributed by atoms with Gasteiger partial charge in [-0.15, -0.1) is 0 Å². The molecule has 1 atom stereocenters. The largest absolute Gasteiger partial charge is 0.459 e. The number of nitrogens with zero attached hydrogens (tertiary/aromatic N) is 2. The fourth-order valence-electron chi connectivity index (χ4n) is 4.05. The summed E-state index contributed by atoms with van der Waals surface area (Å²) in [6.07, 6.45) is 1.37. The second kappa shape index (κ2) is 8.56. The lowest BCUT2D eigenvalue weighted by molar-refractivity contribution is -0.143. The van der Waals surface area contributed by atoms with Gasteiger partial charge in [-0.25, -0.2) is 4.79 Å². The minimum absolute atomic E-state index is 0.196. The number of dihydropyridines is 1. The Kier molecular flexibility index (Phi) is 5.65. The monoisotopic (exact) mass is 424 g/mol. The molecule has 32 heavy (non-hydrogen) atoms. The van der Waals surface area contributed by atoms with E-state index in [4.69, 9.17) is 10.5 Å². The molecule has 0 bridgehead atoms. The van der Waals surface area contributed by atoms with Gasteiger partial charge < -0.3 is 15.8 Å². The Morgan fingerprint density at radius 1 is 1.16 bits per heavy atom. The molecule has 0 aliphatic carbocycles. The van der Waals surface area contributed by atoms with Gasteiger partial charge in [0.1, 0.15) is 5.82 Å². The van der Waals surface area contributed by atoms with E-state index in [1.54, 1.807) is 27.0 Å². The summed E-state index contributed by atoms with van der Waals surface area (Å²) in [6, 6.07) is 20.1. The lowest BCUT2D eigenvalue weighted by atomic mass is 9.80. The van der Waals surface area contributed by atoms with Crippen molar-refractivity contribution in [1.29, 1.82) is 5.26 Å². The van der Waals surface area contributed by atoms with Gasteiger partial charge in [-0.3, -0.25) is 4.98 Å². The van der Waals surface area contributed by atoms with E-state index in [0.717, 1.165) is 27.6 Å². The number of nitriles is 1. The summed E-state index contributed by atoms with van der Waals surface area (Å²) in [5.74, 6) is -1.01. The molecule has 1 aromatic heterocycles. The number of allylic oxidation sites excluding steroid dienone is 2. The van der Waals surface area contributed by atoms with Crippen LogP contribution < -0.4 is 11.1 Å². The molecule has 6 nitrogen and oxygen atoms in total. The van der Waals surface area contributed by atoms with Crippen LogP contribution >= 0.6 is 0 Å². The van der Waals surface area contributed by atoms with Crippen LogP contribution in [0, 0.1) is 11.3 Å². The summed E-state index contributed by atoms with van der Waals surface area (Å²) in [5, 5.41) is 13.8. The summed E-state index contributed by atoms with van der Waals surface area (Å²) >= 11 is 0. The SMILES string of the molecule is CC1=C(C#N)[C@H](c2ccnc3ccc(-c4ccccc4)cc23)C(C(=O)OC(C)C)=C(N)N1. The van der Waals surface area contributed by atoms with Gasteiger partial charge in [0, 0.05) is 17.3 Å². The predicted molar refractivity (Wildman–Crippen MR) is 124 cm³/mol. The van der Waals surface area contributed by atoms with Crippen LogP contribution in [0.3, 0.4) is 0 Å². The number of benzene rings is 2. The molecule has 0 radical (unpaired) electrons. The number of ether oxygens (including phenoxy) is 1. The molecule has 0 unspecified atom stereocenters. The lowest BCUT2D eigenvalue weighted by Gasteiger charge is -2.29. The van der Waals surface area contributed by atoms with E-state index >= 15 is 0 Å². The third kappa shape index (κ3) is 3.81. The van der Waals surface area contributed by atoms with Gasteiger partial charge in [-0.2, -0.15) is 5.26 Å². The number of esters is 1. The van der Waals surface area contributed by atoms with Gasteiger partial charge >= 0.3 is 5.97 Å². The summed E-state index contributed by atoms with van der Waals surface area (Å²) in [5.41, 5.74) is 11.2. The lowest BCUT2D eigenvalue weighted by Crippen LogP contribution is -2.34. The Morgan fingerprint density at radius 3 is 2.59 bits per heavy atom. The maximum absolute atomic E-state index is 13.0. The Bertz CT molecular complexity index is 1300. The van der Waals surface area contributed by atoms with Crippen molar-refractivity contribution in [2.75, 3.05) is 0 Å². The minimum atomic E-state index is -0.663. The van der Waals surface area contributed by atoms with Crippen molar-refractivity contribution < 1.29 is 9.53 Å². The van der Waals surface area contributed by atoms with Gasteiger partial charge in [0.25, 0.3) is 0 Å². The predicted octanol–water partition coefficient (Wildman–Crippen LogP) is 4.51. The highest BCUT2D eigenvalue weighted by Gasteiger charge is 2.36. The fraction of sp³-hybridized carbons (Fsp3) is 0.192. The van der Waals surface area contributed by atoms with Gasteiger partial charge in [0.05, 0.1) is 34.8 Å². The molecular weight excluding hydrogens is 400 g/mol. The van der Waals surface area contributed by atoms with Crippen LogP contribution in [0.1, 0.15) is 32.3 Å². The van der Waals surface area contributed by atoms with E-state index in [0.29, 0.717) is 11.3 Å². The average molecular weight is 425 g/mol. The number of hydrogen-bond acceptors (Lipinski definition) is 6. The molecule has 3 N–H and O–H groups in total. The molecule has 0 fully saturated rings. The molecule has 3 aromatic rings. The van der Waals surface area contributed by atoms with Crippen LogP contribution in [0.4, 0.5) is 0 Å². The van der Waals surface area contributed by atoms with Crippen LogP contribution in [-0.2, 0) is 9.53 Å². The normalized spacial score (nSPS) is 16.2.